The van der Waals surface area contributed by atoms with E-state index in [0.29, 0.717) is 23.1 Å². The third-order valence-electron chi connectivity index (χ3n) is 7.65. The van der Waals surface area contributed by atoms with Crippen molar-refractivity contribution in [3.8, 4) is 5.75 Å². The number of carbonyl (C=O) groups excluding carboxylic acids is 2. The van der Waals surface area contributed by atoms with Gasteiger partial charge in [0.1, 0.15) is 11.8 Å². The number of ketones is 1. The Labute approximate surface area is 198 Å². The number of ether oxygens (including phenoxy) is 1. The van der Waals surface area contributed by atoms with Crippen LogP contribution in [0.2, 0.25) is 0 Å². The van der Waals surface area contributed by atoms with Crippen LogP contribution in [0.4, 0.5) is 5.69 Å². The summed E-state index contributed by atoms with van der Waals surface area (Å²) in [4.78, 5) is 29.0. The molecule has 0 bridgehead atoms. The lowest BCUT2D eigenvalue weighted by Gasteiger charge is -2.37. The lowest BCUT2D eigenvalue weighted by Crippen LogP contribution is -2.64. The number of likely N-dealkylation sites (N-methyl/N-ethyl adjacent to an activating group) is 1. The fraction of sp³-hybridized carbons (Fsp3) is 0.462. The standard InChI is InChI=1S/C26H31N3O5/c1-13(15-8-9-15)16-10-11-17-20(12-16)34-26(33)18-6-5-7-19(27)21(18)23(31)25(17,26)28-24(32)22(14(2)30)29(3)4/h5-7,10-15,22,30,33H,8-9,27H2,1-4H3,(H,28,32)/t13-,14-,22-,25+,26+/m0/s1. The van der Waals surface area contributed by atoms with Crippen molar-refractivity contribution in [3.05, 3.63) is 58.7 Å². The zero-order valence-corrected chi connectivity index (χ0v) is 19.8. The van der Waals surface area contributed by atoms with Crippen LogP contribution in [0.1, 0.15) is 59.7 Å². The number of anilines is 1. The van der Waals surface area contributed by atoms with Gasteiger partial charge in [0.25, 0.3) is 5.79 Å². The Kier molecular flexibility index (Phi) is 5.06. The van der Waals surface area contributed by atoms with Crippen LogP contribution in [0, 0.1) is 5.92 Å². The first kappa shape index (κ1) is 22.8. The SMILES string of the molecule is C[C@H](c1ccc2c(c1)O[C@]1(O)c3cccc(N)c3C(=O)[C@]21NC(=O)[C@H]([C@H](C)O)N(C)C)C1CC1. The summed E-state index contributed by atoms with van der Waals surface area (Å²) < 4.78 is 6.15. The summed E-state index contributed by atoms with van der Waals surface area (Å²) in [6.45, 7) is 3.66. The summed E-state index contributed by atoms with van der Waals surface area (Å²) in [6, 6.07) is 9.41. The minimum absolute atomic E-state index is 0.129. The van der Waals surface area contributed by atoms with E-state index in [9.17, 15) is 19.8 Å². The molecule has 5 atom stereocenters. The van der Waals surface area contributed by atoms with Gasteiger partial charge < -0.3 is 26.0 Å². The van der Waals surface area contributed by atoms with E-state index < -0.39 is 35.2 Å². The van der Waals surface area contributed by atoms with Crippen LogP contribution in [0.25, 0.3) is 0 Å². The lowest BCUT2D eigenvalue weighted by atomic mass is 9.81. The summed E-state index contributed by atoms with van der Waals surface area (Å²) in [7, 11) is 3.32. The molecular weight excluding hydrogens is 434 g/mol. The highest BCUT2D eigenvalue weighted by Crippen LogP contribution is 2.59. The van der Waals surface area contributed by atoms with Gasteiger partial charge in [0, 0.05) is 16.8 Å². The minimum atomic E-state index is -2.18. The molecule has 0 radical (unpaired) electrons. The molecule has 0 unspecified atom stereocenters. The molecule has 1 heterocycles. The lowest BCUT2D eigenvalue weighted by molar-refractivity contribution is -0.177. The quantitative estimate of drug-likeness (QED) is 0.480. The van der Waals surface area contributed by atoms with Gasteiger partial charge in [0.2, 0.25) is 17.2 Å². The van der Waals surface area contributed by atoms with Crippen molar-refractivity contribution in [2.45, 2.75) is 56.1 Å². The molecule has 1 saturated carbocycles. The molecule has 0 saturated heterocycles. The molecular formula is C26H31N3O5. The predicted octanol–water partition coefficient (Wildman–Crippen LogP) is 1.84. The first-order valence-electron chi connectivity index (χ1n) is 11.7. The van der Waals surface area contributed by atoms with Crippen molar-refractivity contribution < 1.29 is 24.5 Å². The van der Waals surface area contributed by atoms with Gasteiger partial charge in [-0.15, -0.1) is 0 Å². The molecule has 2 aromatic carbocycles. The fourth-order valence-corrected chi connectivity index (χ4v) is 5.68. The number of rotatable bonds is 6. The van der Waals surface area contributed by atoms with Crippen LogP contribution in [-0.4, -0.2) is 53.0 Å². The molecule has 8 heteroatoms. The summed E-state index contributed by atoms with van der Waals surface area (Å²) >= 11 is 0. The first-order chi connectivity index (χ1) is 16.0. The highest BCUT2D eigenvalue weighted by atomic mass is 16.6. The Bertz CT molecular complexity index is 1180. The van der Waals surface area contributed by atoms with Crippen LogP contribution >= 0.6 is 0 Å². The van der Waals surface area contributed by atoms with Gasteiger partial charge in [0.15, 0.2) is 0 Å². The van der Waals surface area contributed by atoms with E-state index in [1.165, 1.54) is 19.8 Å². The molecule has 5 rings (SSSR count). The van der Waals surface area contributed by atoms with E-state index in [2.05, 4.69) is 12.2 Å². The second-order valence-corrected chi connectivity index (χ2v) is 10.1. The van der Waals surface area contributed by atoms with Crippen LogP contribution in [0.5, 0.6) is 5.75 Å². The van der Waals surface area contributed by atoms with E-state index in [1.807, 2.05) is 12.1 Å². The van der Waals surface area contributed by atoms with Crippen molar-refractivity contribution in [3.63, 3.8) is 0 Å². The maximum atomic E-state index is 14.0. The molecule has 0 aromatic heterocycles. The van der Waals surface area contributed by atoms with E-state index in [0.717, 1.165) is 5.56 Å². The predicted molar refractivity (Wildman–Crippen MR) is 126 cm³/mol. The number of benzene rings is 2. The molecule has 1 fully saturated rings. The minimum Gasteiger partial charge on any atom is -0.454 e. The largest absolute Gasteiger partial charge is 0.454 e. The molecule has 8 nitrogen and oxygen atoms in total. The zero-order valence-electron chi connectivity index (χ0n) is 19.8. The Morgan fingerprint density at radius 2 is 1.91 bits per heavy atom. The maximum absolute atomic E-state index is 14.0. The third kappa shape index (κ3) is 2.95. The number of amides is 1. The first-order valence-corrected chi connectivity index (χ1v) is 11.7. The van der Waals surface area contributed by atoms with Crippen LogP contribution < -0.4 is 15.8 Å². The van der Waals surface area contributed by atoms with Crippen LogP contribution in [-0.2, 0) is 16.1 Å². The molecule has 2 aliphatic carbocycles. The highest BCUT2D eigenvalue weighted by molar-refractivity contribution is 6.15. The van der Waals surface area contributed by atoms with E-state index in [-0.39, 0.29) is 16.8 Å². The van der Waals surface area contributed by atoms with Gasteiger partial charge >= 0.3 is 0 Å². The van der Waals surface area contributed by atoms with Crippen molar-refractivity contribution in [2.75, 3.05) is 19.8 Å². The summed E-state index contributed by atoms with van der Waals surface area (Å²) in [5, 5.41) is 25.1. The number of carbonyl (C=O) groups is 2. The van der Waals surface area contributed by atoms with E-state index in [1.54, 1.807) is 43.3 Å². The average molecular weight is 466 g/mol. The highest BCUT2D eigenvalue weighted by Gasteiger charge is 2.72. The van der Waals surface area contributed by atoms with Crippen molar-refractivity contribution in [1.29, 1.82) is 0 Å². The van der Waals surface area contributed by atoms with Crippen molar-refractivity contribution >= 4 is 17.4 Å². The van der Waals surface area contributed by atoms with Gasteiger partial charge in [0.05, 0.1) is 11.7 Å². The van der Waals surface area contributed by atoms with Gasteiger partial charge in [-0.1, -0.05) is 31.2 Å². The number of aliphatic hydroxyl groups is 2. The number of hydrogen-bond donors (Lipinski definition) is 4. The number of nitrogens with zero attached hydrogens (tertiary/aromatic N) is 1. The molecule has 3 aliphatic rings. The third-order valence-corrected chi connectivity index (χ3v) is 7.65. The number of fused-ring (bicyclic) bond motifs is 5. The fourth-order valence-electron chi connectivity index (χ4n) is 5.68. The number of hydrogen-bond acceptors (Lipinski definition) is 7. The number of Topliss-reactive ketones (excluding diaryl/α,β-unsaturated/α-hetero) is 1. The number of nitrogens with one attached hydrogen (secondary N) is 1. The second kappa shape index (κ2) is 7.53. The number of nitrogen functional groups attached to an aromatic ring is 1. The van der Waals surface area contributed by atoms with Gasteiger partial charge in [-0.3, -0.25) is 14.5 Å². The normalized spacial score (nSPS) is 27.4. The van der Waals surface area contributed by atoms with Gasteiger partial charge in [-0.05, 0) is 63.4 Å². The van der Waals surface area contributed by atoms with Crippen LogP contribution in [0.3, 0.4) is 0 Å². The Morgan fingerprint density at radius 1 is 1.21 bits per heavy atom. The molecule has 1 amide bonds. The summed E-state index contributed by atoms with van der Waals surface area (Å²) in [6.07, 6.45) is 1.34. The zero-order chi connectivity index (χ0) is 24.6. The average Bonchev–Trinajstić information content (AvgIpc) is 3.55. The van der Waals surface area contributed by atoms with Crippen molar-refractivity contribution in [2.24, 2.45) is 5.92 Å². The van der Waals surface area contributed by atoms with Gasteiger partial charge in [-0.2, -0.15) is 0 Å². The molecule has 2 aromatic rings. The Balaban J connectivity index is 1.68. The monoisotopic (exact) mass is 465 g/mol. The van der Waals surface area contributed by atoms with Crippen molar-refractivity contribution in [1.82, 2.24) is 10.2 Å². The van der Waals surface area contributed by atoms with E-state index >= 15 is 0 Å². The molecule has 34 heavy (non-hydrogen) atoms. The van der Waals surface area contributed by atoms with Crippen LogP contribution in [0.15, 0.2) is 36.4 Å². The maximum Gasteiger partial charge on any atom is 0.271 e. The topological polar surface area (TPSA) is 125 Å². The molecule has 180 valence electrons. The summed E-state index contributed by atoms with van der Waals surface area (Å²) in [5.41, 5.74) is 6.19. The molecule has 1 aliphatic heterocycles. The number of aliphatic hydroxyl groups excluding tert-OH is 1. The van der Waals surface area contributed by atoms with E-state index in [4.69, 9.17) is 10.5 Å². The second-order valence-electron chi connectivity index (χ2n) is 10.1. The molecule has 0 spiro atoms. The smallest absolute Gasteiger partial charge is 0.271 e. The Morgan fingerprint density at radius 3 is 2.53 bits per heavy atom. The Hall–Kier alpha value is -2.94. The number of nitrogens with two attached hydrogens (primary N) is 1. The summed E-state index contributed by atoms with van der Waals surface area (Å²) in [5.74, 6) is -2.03. The molecule has 5 N–H and O–H groups in total. The van der Waals surface area contributed by atoms with Gasteiger partial charge in [-0.25, -0.2) is 0 Å².